The lowest BCUT2D eigenvalue weighted by Crippen LogP contribution is -2.15. The smallest absolute Gasteiger partial charge is 0.259 e. The second-order valence-electron chi connectivity index (χ2n) is 5.79. The minimum Gasteiger partial charge on any atom is -0.507 e. The monoisotopic (exact) mass is 317 g/mol. The number of aromatic hydroxyl groups is 1. The number of carbonyl (C=O) groups is 1. The first-order valence-electron chi connectivity index (χ1n) is 7.21. The number of nitrogens with one attached hydrogen (secondary N) is 1. The fraction of sp³-hybridized carbons (Fsp3) is 0.278. The maximum absolute atomic E-state index is 12.5. The number of hydrogen-bond donors (Lipinski definition) is 2. The van der Waals surface area contributed by atoms with Crippen molar-refractivity contribution < 1.29 is 9.90 Å². The lowest BCUT2D eigenvalue weighted by molar-refractivity contribution is 0.102. The topological polar surface area (TPSA) is 49.3 Å². The molecule has 0 fully saturated rings. The van der Waals surface area contributed by atoms with Gasteiger partial charge in [0.2, 0.25) is 0 Å². The lowest BCUT2D eigenvalue weighted by Gasteiger charge is -2.15. The van der Waals surface area contributed by atoms with E-state index < -0.39 is 0 Å². The molecule has 3 nitrogen and oxygen atoms in total. The van der Waals surface area contributed by atoms with Gasteiger partial charge in [-0.15, -0.1) is 0 Å². The highest BCUT2D eigenvalue weighted by molar-refractivity contribution is 6.34. The van der Waals surface area contributed by atoms with Gasteiger partial charge in [0.05, 0.1) is 16.3 Å². The maximum atomic E-state index is 12.5. The summed E-state index contributed by atoms with van der Waals surface area (Å²) in [7, 11) is 0. The molecule has 2 rings (SSSR count). The molecule has 0 radical (unpaired) electrons. The Hall–Kier alpha value is -2.00. The van der Waals surface area contributed by atoms with E-state index in [4.69, 9.17) is 11.6 Å². The predicted molar refractivity (Wildman–Crippen MR) is 91.1 cm³/mol. The molecule has 0 saturated heterocycles. The predicted octanol–water partition coefficient (Wildman–Crippen LogP) is 5.04. The Morgan fingerprint density at radius 3 is 2.45 bits per heavy atom. The molecule has 22 heavy (non-hydrogen) atoms. The quantitative estimate of drug-likeness (QED) is 0.833. The van der Waals surface area contributed by atoms with Crippen LogP contribution in [0.15, 0.2) is 30.3 Å². The van der Waals surface area contributed by atoms with Crippen LogP contribution in [0.1, 0.15) is 46.8 Å². The standard InChI is InChI=1S/C18H20ClNO2/c1-10(2)13-7-6-12(4)16(17(13)21)18(22)20-15-8-5-11(3)9-14(15)19/h5-10,21H,1-4H3,(H,20,22). The van der Waals surface area contributed by atoms with Gasteiger partial charge in [0.25, 0.3) is 5.91 Å². The van der Waals surface area contributed by atoms with E-state index in [1.807, 2.05) is 39.0 Å². The Morgan fingerprint density at radius 2 is 1.86 bits per heavy atom. The zero-order chi connectivity index (χ0) is 16.4. The van der Waals surface area contributed by atoms with Gasteiger partial charge in [-0.2, -0.15) is 0 Å². The number of carbonyl (C=O) groups excluding carboxylic acids is 1. The van der Waals surface area contributed by atoms with Crippen molar-refractivity contribution in [1.82, 2.24) is 0 Å². The summed E-state index contributed by atoms with van der Waals surface area (Å²) < 4.78 is 0. The molecular weight excluding hydrogens is 298 g/mol. The van der Waals surface area contributed by atoms with Crippen molar-refractivity contribution >= 4 is 23.2 Å². The Morgan fingerprint density at radius 1 is 1.18 bits per heavy atom. The van der Waals surface area contributed by atoms with Crippen LogP contribution in [0.25, 0.3) is 0 Å². The van der Waals surface area contributed by atoms with Crippen molar-refractivity contribution in [3.8, 4) is 5.75 Å². The summed E-state index contributed by atoms with van der Waals surface area (Å²) in [6.07, 6.45) is 0. The minimum absolute atomic E-state index is 0.0377. The first kappa shape index (κ1) is 16.4. The molecule has 2 aromatic carbocycles. The molecule has 1 amide bonds. The van der Waals surface area contributed by atoms with Crippen LogP contribution in [0.5, 0.6) is 5.75 Å². The van der Waals surface area contributed by atoms with Crippen LogP contribution in [0.3, 0.4) is 0 Å². The van der Waals surface area contributed by atoms with Gasteiger partial charge in [0.1, 0.15) is 5.75 Å². The number of rotatable bonds is 3. The molecule has 2 aromatic rings. The molecule has 0 aliphatic carbocycles. The van der Waals surface area contributed by atoms with E-state index in [-0.39, 0.29) is 17.6 Å². The Bertz CT molecular complexity index is 723. The summed E-state index contributed by atoms with van der Waals surface area (Å²) in [5.41, 5.74) is 3.33. The van der Waals surface area contributed by atoms with Crippen LogP contribution in [-0.4, -0.2) is 11.0 Å². The summed E-state index contributed by atoms with van der Waals surface area (Å²) in [5.74, 6) is -0.186. The van der Waals surface area contributed by atoms with E-state index in [9.17, 15) is 9.90 Å². The van der Waals surface area contributed by atoms with E-state index in [1.165, 1.54) is 0 Å². The molecule has 4 heteroatoms. The molecule has 0 aliphatic heterocycles. The molecular formula is C18H20ClNO2. The Labute approximate surface area is 135 Å². The van der Waals surface area contributed by atoms with E-state index in [0.717, 1.165) is 16.7 Å². The van der Waals surface area contributed by atoms with E-state index in [0.29, 0.717) is 16.3 Å². The van der Waals surface area contributed by atoms with Crippen LogP contribution >= 0.6 is 11.6 Å². The molecule has 0 atom stereocenters. The number of phenols is 1. The summed E-state index contributed by atoms with van der Waals surface area (Å²) >= 11 is 6.15. The average molecular weight is 318 g/mol. The van der Waals surface area contributed by atoms with Crippen LogP contribution in [-0.2, 0) is 0 Å². The molecule has 0 aromatic heterocycles. The Kier molecular flexibility index (Phi) is 4.77. The number of amides is 1. The van der Waals surface area contributed by atoms with Crippen molar-refractivity contribution in [3.05, 3.63) is 57.6 Å². The van der Waals surface area contributed by atoms with Crippen LogP contribution in [0.2, 0.25) is 5.02 Å². The van der Waals surface area contributed by atoms with Crippen molar-refractivity contribution in [2.24, 2.45) is 0 Å². The Balaban J connectivity index is 2.39. The lowest BCUT2D eigenvalue weighted by atomic mass is 9.95. The molecule has 0 spiro atoms. The van der Waals surface area contributed by atoms with Crippen molar-refractivity contribution in [2.45, 2.75) is 33.6 Å². The van der Waals surface area contributed by atoms with Gasteiger partial charge < -0.3 is 10.4 Å². The summed E-state index contributed by atoms with van der Waals surface area (Å²) in [6.45, 7) is 7.68. The van der Waals surface area contributed by atoms with Crippen LogP contribution in [0.4, 0.5) is 5.69 Å². The van der Waals surface area contributed by atoms with Gasteiger partial charge in [-0.05, 0) is 48.6 Å². The number of halogens is 1. The van der Waals surface area contributed by atoms with Gasteiger partial charge in [-0.1, -0.05) is 43.6 Å². The first-order valence-corrected chi connectivity index (χ1v) is 7.59. The van der Waals surface area contributed by atoms with Gasteiger partial charge >= 0.3 is 0 Å². The van der Waals surface area contributed by atoms with E-state index >= 15 is 0 Å². The second kappa shape index (κ2) is 6.41. The zero-order valence-electron chi connectivity index (χ0n) is 13.2. The molecule has 0 unspecified atom stereocenters. The number of aryl methyl sites for hydroxylation is 2. The first-order chi connectivity index (χ1) is 10.3. The molecule has 0 aliphatic rings. The zero-order valence-corrected chi connectivity index (χ0v) is 14.0. The van der Waals surface area contributed by atoms with E-state index in [2.05, 4.69) is 5.32 Å². The van der Waals surface area contributed by atoms with Gasteiger partial charge in [-0.3, -0.25) is 4.79 Å². The van der Waals surface area contributed by atoms with Crippen molar-refractivity contribution in [1.29, 1.82) is 0 Å². The highest BCUT2D eigenvalue weighted by Crippen LogP contribution is 2.32. The van der Waals surface area contributed by atoms with E-state index in [1.54, 1.807) is 19.1 Å². The number of hydrogen-bond acceptors (Lipinski definition) is 2. The second-order valence-corrected chi connectivity index (χ2v) is 6.19. The largest absolute Gasteiger partial charge is 0.507 e. The number of phenolic OH excluding ortho intramolecular Hbond substituents is 1. The molecule has 0 bridgehead atoms. The summed E-state index contributed by atoms with van der Waals surface area (Å²) in [5, 5.41) is 13.7. The number of benzene rings is 2. The summed E-state index contributed by atoms with van der Waals surface area (Å²) in [4.78, 5) is 12.5. The van der Waals surface area contributed by atoms with Gasteiger partial charge in [-0.25, -0.2) is 0 Å². The molecule has 0 heterocycles. The fourth-order valence-corrected chi connectivity index (χ4v) is 2.65. The SMILES string of the molecule is Cc1ccc(NC(=O)c2c(C)ccc(C(C)C)c2O)c(Cl)c1. The highest BCUT2D eigenvalue weighted by Gasteiger charge is 2.19. The van der Waals surface area contributed by atoms with Crippen LogP contribution in [0, 0.1) is 13.8 Å². The van der Waals surface area contributed by atoms with Crippen LogP contribution < -0.4 is 5.32 Å². The molecule has 0 saturated carbocycles. The molecule has 2 N–H and O–H groups in total. The van der Waals surface area contributed by atoms with Crippen molar-refractivity contribution in [3.63, 3.8) is 0 Å². The maximum Gasteiger partial charge on any atom is 0.259 e. The van der Waals surface area contributed by atoms with Gasteiger partial charge in [0.15, 0.2) is 0 Å². The minimum atomic E-state index is -0.358. The third-order valence-electron chi connectivity index (χ3n) is 3.64. The van der Waals surface area contributed by atoms with Crippen molar-refractivity contribution in [2.75, 3.05) is 5.32 Å². The third kappa shape index (κ3) is 3.25. The fourth-order valence-electron chi connectivity index (χ4n) is 2.37. The average Bonchev–Trinajstić information content (AvgIpc) is 2.41. The summed E-state index contributed by atoms with van der Waals surface area (Å²) in [6, 6.07) is 9.12. The number of anilines is 1. The normalized spacial score (nSPS) is 10.8. The third-order valence-corrected chi connectivity index (χ3v) is 3.95. The van der Waals surface area contributed by atoms with Gasteiger partial charge in [0, 0.05) is 0 Å². The molecule has 116 valence electrons. The highest BCUT2D eigenvalue weighted by atomic mass is 35.5.